The van der Waals surface area contributed by atoms with Crippen LogP contribution in [0.4, 0.5) is 13.2 Å². The summed E-state index contributed by atoms with van der Waals surface area (Å²) in [6.45, 7) is 1.94. The number of hydrogen-bond acceptors (Lipinski definition) is 4. The highest BCUT2D eigenvalue weighted by Crippen LogP contribution is 2.37. The molecule has 1 atom stereocenters. The van der Waals surface area contributed by atoms with Crippen molar-refractivity contribution in [2.24, 2.45) is 0 Å². The second kappa shape index (κ2) is 10.5. The normalized spacial score (nSPS) is 16.5. The lowest BCUT2D eigenvalue weighted by atomic mass is 9.93. The third-order valence-electron chi connectivity index (χ3n) is 6.20. The molecular weight excluding hydrogens is 457 g/mol. The van der Waals surface area contributed by atoms with Gasteiger partial charge in [-0.3, -0.25) is 9.89 Å². The highest BCUT2D eigenvalue weighted by molar-refractivity contribution is 5.94. The SMILES string of the molecule is CN(C)CCOc1ccc(C(=O)N2CCCCC2c2[nH]ncc2-c2ccc(C(F)(F)F)cc2)cc1. The van der Waals surface area contributed by atoms with Crippen molar-refractivity contribution in [3.63, 3.8) is 0 Å². The van der Waals surface area contributed by atoms with Gasteiger partial charge in [0.15, 0.2) is 0 Å². The molecule has 1 unspecified atom stereocenters. The van der Waals surface area contributed by atoms with E-state index in [0.29, 0.717) is 35.6 Å². The van der Waals surface area contributed by atoms with Gasteiger partial charge in [-0.25, -0.2) is 0 Å². The summed E-state index contributed by atoms with van der Waals surface area (Å²) in [6, 6.07) is 11.9. The smallest absolute Gasteiger partial charge is 0.416 e. The van der Waals surface area contributed by atoms with Crippen LogP contribution in [0.1, 0.15) is 46.9 Å². The molecule has 2 aromatic carbocycles. The topological polar surface area (TPSA) is 61.5 Å². The zero-order chi connectivity index (χ0) is 25.0. The second-order valence-corrected chi connectivity index (χ2v) is 8.96. The summed E-state index contributed by atoms with van der Waals surface area (Å²) in [6.07, 6.45) is -0.212. The standard InChI is InChI=1S/C26H29F3N4O2/c1-32(2)15-16-35-21-12-8-19(9-13-21)25(34)33-14-4-3-5-23(33)24-22(17-30-31-24)18-6-10-20(11-7-18)26(27,28)29/h6-13,17,23H,3-5,14-16H2,1-2H3,(H,30,31). The number of carbonyl (C=O) groups excluding carboxylic acids is 1. The average Bonchev–Trinajstić information content (AvgIpc) is 3.33. The fourth-order valence-electron chi connectivity index (χ4n) is 4.30. The van der Waals surface area contributed by atoms with Crippen molar-refractivity contribution in [3.05, 3.63) is 71.5 Å². The lowest BCUT2D eigenvalue weighted by molar-refractivity contribution is -0.137. The van der Waals surface area contributed by atoms with E-state index < -0.39 is 11.7 Å². The van der Waals surface area contributed by atoms with Gasteiger partial charge in [-0.2, -0.15) is 18.3 Å². The lowest BCUT2D eigenvalue weighted by Gasteiger charge is -2.35. The fourth-order valence-corrected chi connectivity index (χ4v) is 4.30. The molecule has 0 bridgehead atoms. The zero-order valence-corrected chi connectivity index (χ0v) is 19.8. The van der Waals surface area contributed by atoms with Crippen molar-refractivity contribution in [2.45, 2.75) is 31.5 Å². The van der Waals surface area contributed by atoms with Gasteiger partial charge in [0, 0.05) is 24.2 Å². The number of H-pyrrole nitrogens is 1. The van der Waals surface area contributed by atoms with E-state index in [2.05, 4.69) is 10.2 Å². The maximum atomic E-state index is 13.4. The number of ether oxygens (including phenoxy) is 1. The van der Waals surface area contributed by atoms with Crippen LogP contribution in [0.15, 0.2) is 54.7 Å². The molecule has 1 aliphatic heterocycles. The Balaban J connectivity index is 1.53. The van der Waals surface area contributed by atoms with Crippen molar-refractivity contribution >= 4 is 5.91 Å². The summed E-state index contributed by atoms with van der Waals surface area (Å²) < 4.78 is 44.7. The number of alkyl halides is 3. The van der Waals surface area contributed by atoms with Gasteiger partial charge in [0.25, 0.3) is 5.91 Å². The summed E-state index contributed by atoms with van der Waals surface area (Å²) in [5.74, 6) is 0.610. The first-order valence-corrected chi connectivity index (χ1v) is 11.6. The second-order valence-electron chi connectivity index (χ2n) is 8.96. The first-order valence-electron chi connectivity index (χ1n) is 11.6. The minimum Gasteiger partial charge on any atom is -0.492 e. The maximum absolute atomic E-state index is 13.4. The number of piperidine rings is 1. The predicted molar refractivity (Wildman–Crippen MR) is 127 cm³/mol. The Hall–Kier alpha value is -3.33. The van der Waals surface area contributed by atoms with Gasteiger partial charge < -0.3 is 14.5 Å². The van der Waals surface area contributed by atoms with Gasteiger partial charge in [-0.1, -0.05) is 12.1 Å². The van der Waals surface area contributed by atoms with Crippen molar-refractivity contribution in [2.75, 3.05) is 33.8 Å². The minimum absolute atomic E-state index is 0.0949. The van der Waals surface area contributed by atoms with Crippen LogP contribution in [0, 0.1) is 0 Å². The highest BCUT2D eigenvalue weighted by atomic mass is 19.4. The number of amides is 1. The molecule has 9 heteroatoms. The van der Waals surface area contributed by atoms with E-state index in [4.69, 9.17) is 4.74 Å². The summed E-state index contributed by atoms with van der Waals surface area (Å²) in [4.78, 5) is 17.3. The molecule has 1 fully saturated rings. The number of benzene rings is 2. The van der Waals surface area contributed by atoms with Gasteiger partial charge in [0.1, 0.15) is 12.4 Å². The van der Waals surface area contributed by atoms with Crippen molar-refractivity contribution in [1.29, 1.82) is 0 Å². The molecule has 0 aliphatic carbocycles. The molecule has 1 N–H and O–H groups in total. The van der Waals surface area contributed by atoms with Crippen LogP contribution in [0.25, 0.3) is 11.1 Å². The molecule has 1 amide bonds. The minimum atomic E-state index is -4.39. The zero-order valence-electron chi connectivity index (χ0n) is 19.8. The Bertz CT molecular complexity index is 1120. The third-order valence-corrected chi connectivity index (χ3v) is 6.20. The van der Waals surface area contributed by atoms with Gasteiger partial charge >= 0.3 is 6.18 Å². The number of rotatable bonds is 7. The molecule has 0 spiro atoms. The van der Waals surface area contributed by atoms with Gasteiger partial charge in [0.05, 0.1) is 23.5 Å². The molecule has 6 nitrogen and oxygen atoms in total. The molecule has 35 heavy (non-hydrogen) atoms. The monoisotopic (exact) mass is 486 g/mol. The molecule has 1 saturated heterocycles. The van der Waals surface area contributed by atoms with E-state index in [1.807, 2.05) is 23.9 Å². The van der Waals surface area contributed by atoms with E-state index in [9.17, 15) is 18.0 Å². The number of carbonyl (C=O) groups is 1. The van der Waals surface area contributed by atoms with Gasteiger partial charge in [-0.15, -0.1) is 0 Å². The molecule has 1 aromatic heterocycles. The van der Waals surface area contributed by atoms with Crippen molar-refractivity contribution < 1.29 is 22.7 Å². The van der Waals surface area contributed by atoms with Crippen molar-refractivity contribution in [1.82, 2.24) is 20.0 Å². The van der Waals surface area contributed by atoms with Gasteiger partial charge in [0.2, 0.25) is 0 Å². The van der Waals surface area contributed by atoms with Crippen LogP contribution in [-0.2, 0) is 6.18 Å². The largest absolute Gasteiger partial charge is 0.492 e. The fraction of sp³-hybridized carbons (Fsp3) is 0.385. The maximum Gasteiger partial charge on any atom is 0.416 e. The highest BCUT2D eigenvalue weighted by Gasteiger charge is 2.33. The number of hydrogen-bond donors (Lipinski definition) is 1. The number of nitrogens with zero attached hydrogens (tertiary/aromatic N) is 3. The number of aromatic nitrogens is 2. The molecule has 186 valence electrons. The van der Waals surface area contributed by atoms with E-state index in [-0.39, 0.29) is 11.9 Å². The van der Waals surface area contributed by atoms with Crippen LogP contribution in [0.5, 0.6) is 5.75 Å². The third kappa shape index (κ3) is 5.85. The van der Waals surface area contributed by atoms with Crippen LogP contribution >= 0.6 is 0 Å². The molecule has 4 rings (SSSR count). The molecule has 1 aliphatic rings. The Morgan fingerprint density at radius 1 is 1.11 bits per heavy atom. The lowest BCUT2D eigenvalue weighted by Crippen LogP contribution is -2.38. The Labute approximate surface area is 202 Å². The molecule has 2 heterocycles. The number of likely N-dealkylation sites (tertiary alicyclic amines) is 1. The van der Waals surface area contributed by atoms with E-state index in [1.54, 1.807) is 30.5 Å². The number of aromatic amines is 1. The number of likely N-dealkylation sites (N-methyl/N-ethyl adjacent to an activating group) is 1. The molecule has 0 radical (unpaired) electrons. The van der Waals surface area contributed by atoms with Crippen LogP contribution < -0.4 is 4.74 Å². The van der Waals surface area contributed by atoms with Crippen LogP contribution in [0.3, 0.4) is 0 Å². The average molecular weight is 487 g/mol. The molecular formula is C26H29F3N4O2. The molecule has 3 aromatic rings. The Kier molecular flexibility index (Phi) is 7.45. The van der Waals surface area contributed by atoms with Crippen LogP contribution in [0.2, 0.25) is 0 Å². The number of nitrogens with one attached hydrogen (secondary N) is 1. The Morgan fingerprint density at radius 2 is 1.83 bits per heavy atom. The first kappa shape index (κ1) is 24.8. The number of halogens is 3. The van der Waals surface area contributed by atoms with E-state index >= 15 is 0 Å². The molecule has 0 saturated carbocycles. The summed E-state index contributed by atoms with van der Waals surface area (Å²) >= 11 is 0. The van der Waals surface area contributed by atoms with Crippen molar-refractivity contribution in [3.8, 4) is 16.9 Å². The quantitative estimate of drug-likeness (QED) is 0.486. The summed E-state index contributed by atoms with van der Waals surface area (Å²) in [5.41, 5.74) is 1.93. The predicted octanol–water partition coefficient (Wildman–Crippen LogP) is 5.40. The van der Waals surface area contributed by atoms with E-state index in [1.165, 1.54) is 12.1 Å². The first-order chi connectivity index (χ1) is 16.7. The van der Waals surface area contributed by atoms with Gasteiger partial charge in [-0.05, 0) is 75.3 Å². The summed E-state index contributed by atoms with van der Waals surface area (Å²) in [7, 11) is 3.95. The van der Waals surface area contributed by atoms with E-state index in [0.717, 1.165) is 43.6 Å². The summed E-state index contributed by atoms with van der Waals surface area (Å²) in [5, 5.41) is 7.17. The van der Waals surface area contributed by atoms with Crippen LogP contribution in [-0.4, -0.2) is 59.7 Å². The Morgan fingerprint density at radius 3 is 2.49 bits per heavy atom.